The van der Waals surface area contributed by atoms with Crippen LogP contribution in [0.25, 0.3) is 0 Å². The van der Waals surface area contributed by atoms with E-state index in [1.807, 2.05) is 20.8 Å². The van der Waals surface area contributed by atoms with Gasteiger partial charge >= 0.3 is 5.97 Å². The lowest BCUT2D eigenvalue weighted by molar-refractivity contribution is -0.227. The average molecular weight is 438 g/mol. The Morgan fingerprint density at radius 1 is 0.812 bits per heavy atom. The lowest BCUT2D eigenvalue weighted by atomic mass is 9.30. The molecule has 2 fully saturated rings. The minimum absolute atomic E-state index is 0.0459. The highest BCUT2D eigenvalue weighted by atomic mass is 16.6. The smallest absolute Gasteiger partial charge is 0.321 e. The Balaban J connectivity index is 2.12. The van der Waals surface area contributed by atoms with Gasteiger partial charge in [-0.05, 0) is 53.7 Å². The number of carbonyl (C=O) groups excluding carboxylic acids is 1. The molecular weight excluding hydrogens is 394 g/mol. The van der Waals surface area contributed by atoms with Crippen LogP contribution in [0.3, 0.4) is 0 Å². The minimum Gasteiger partial charge on any atom is -0.459 e. The van der Waals surface area contributed by atoms with E-state index in [9.17, 15) is 4.79 Å². The minimum atomic E-state index is -0.687. The predicted molar refractivity (Wildman–Crippen MR) is 131 cm³/mol. The molecule has 4 unspecified atom stereocenters. The molecule has 2 saturated heterocycles. The summed E-state index contributed by atoms with van der Waals surface area (Å²) < 4.78 is 6.32. The maximum atomic E-state index is 14.5. The molecule has 0 amide bonds. The summed E-state index contributed by atoms with van der Waals surface area (Å²) in [5.41, 5.74) is 1.77. The highest BCUT2D eigenvalue weighted by molar-refractivity contribution is 5.96. The Kier molecular flexibility index (Phi) is 4.48. The highest BCUT2D eigenvalue weighted by Gasteiger charge is 3.00. The van der Waals surface area contributed by atoms with Crippen LogP contribution in [0, 0.1) is 21.7 Å². The second kappa shape index (κ2) is 6.09. The summed E-state index contributed by atoms with van der Waals surface area (Å²) in [7, 11) is 0. The maximum absolute atomic E-state index is 14.5. The zero-order valence-corrected chi connectivity index (χ0v) is 22.4. The van der Waals surface area contributed by atoms with E-state index in [0.717, 1.165) is 6.54 Å². The normalized spacial score (nSPS) is 34.2. The highest BCUT2D eigenvalue weighted by Crippen LogP contribution is 2.90. The van der Waals surface area contributed by atoms with Gasteiger partial charge in [-0.1, -0.05) is 92.6 Å². The number of ether oxygens (including phenoxy) is 1. The van der Waals surface area contributed by atoms with Crippen LogP contribution in [0.4, 0.5) is 0 Å². The van der Waals surface area contributed by atoms with E-state index >= 15 is 0 Å². The SMILES string of the molecule is CC(C)(C)OC(=O)C12C(C(C)(C)C)=C(C(C)(C)C)C1(C(C)(C)C)N1CC12c1ccccc1. The molecule has 2 heterocycles. The Bertz CT molecular complexity index is 993. The summed E-state index contributed by atoms with van der Waals surface area (Å²) in [6, 6.07) is 10.7. The van der Waals surface area contributed by atoms with E-state index in [1.54, 1.807) is 0 Å². The van der Waals surface area contributed by atoms with Crippen molar-refractivity contribution in [2.75, 3.05) is 6.54 Å². The molecule has 0 spiro atoms. The number of hydrogen-bond donors (Lipinski definition) is 0. The zero-order valence-electron chi connectivity index (χ0n) is 22.4. The van der Waals surface area contributed by atoms with Crippen LogP contribution in [0.5, 0.6) is 0 Å². The molecule has 0 aromatic heterocycles. The first-order valence-electron chi connectivity index (χ1n) is 12.1. The van der Waals surface area contributed by atoms with Gasteiger partial charge in [-0.2, -0.15) is 0 Å². The number of rotatable bonds is 2. The van der Waals surface area contributed by atoms with Crippen LogP contribution >= 0.6 is 0 Å². The van der Waals surface area contributed by atoms with Gasteiger partial charge in [0.15, 0.2) is 0 Å². The number of esters is 1. The molecule has 3 aliphatic rings. The molecule has 1 aliphatic carbocycles. The molecular formula is C29H43NO2. The summed E-state index contributed by atoms with van der Waals surface area (Å²) in [6.45, 7) is 27.6. The third-order valence-corrected chi connectivity index (χ3v) is 7.84. The van der Waals surface area contributed by atoms with E-state index in [-0.39, 0.29) is 33.3 Å². The largest absolute Gasteiger partial charge is 0.459 e. The quantitative estimate of drug-likeness (QED) is 0.292. The van der Waals surface area contributed by atoms with Crippen LogP contribution in [0.2, 0.25) is 0 Å². The Morgan fingerprint density at radius 2 is 1.31 bits per heavy atom. The lowest BCUT2D eigenvalue weighted by Crippen LogP contribution is -2.87. The van der Waals surface area contributed by atoms with Gasteiger partial charge in [0, 0.05) is 6.54 Å². The number of carbonyl (C=O) groups is 1. The molecule has 0 bridgehead atoms. The molecule has 1 aromatic carbocycles. The molecule has 0 N–H and O–H groups in total. The third-order valence-electron chi connectivity index (χ3n) is 7.84. The fourth-order valence-corrected chi connectivity index (χ4v) is 7.53. The fourth-order valence-electron chi connectivity index (χ4n) is 7.53. The zero-order chi connectivity index (χ0) is 24.3. The van der Waals surface area contributed by atoms with Crippen LogP contribution in [0.1, 0.15) is 88.6 Å². The monoisotopic (exact) mass is 437 g/mol. The first kappa shape index (κ1) is 23.5. The van der Waals surface area contributed by atoms with E-state index < -0.39 is 11.0 Å². The number of nitrogens with zero attached hydrogens (tertiary/aromatic N) is 1. The fraction of sp³-hybridized carbons (Fsp3) is 0.690. The standard InChI is InChI=1S/C29H43NO2/c1-23(2,3)20-21(24(4,5)6)29(25(7,8)9)28(20,22(31)32-26(10,11)12)27(18-30(27)29)19-16-14-13-15-17-19/h13-17H,18H2,1-12H3. The van der Waals surface area contributed by atoms with Gasteiger partial charge in [0.2, 0.25) is 0 Å². The first-order chi connectivity index (χ1) is 14.3. The third kappa shape index (κ3) is 2.44. The van der Waals surface area contributed by atoms with Crippen molar-refractivity contribution in [1.29, 1.82) is 0 Å². The molecule has 4 rings (SSSR count). The van der Waals surface area contributed by atoms with E-state index in [4.69, 9.17) is 4.74 Å². The molecule has 2 aliphatic heterocycles. The van der Waals surface area contributed by atoms with Crippen molar-refractivity contribution < 1.29 is 9.53 Å². The molecule has 0 radical (unpaired) electrons. The number of benzene rings is 1. The van der Waals surface area contributed by atoms with Crippen molar-refractivity contribution in [1.82, 2.24) is 4.90 Å². The topological polar surface area (TPSA) is 29.3 Å². The van der Waals surface area contributed by atoms with Crippen molar-refractivity contribution >= 4 is 5.97 Å². The van der Waals surface area contributed by atoms with E-state index in [1.165, 1.54) is 16.7 Å². The van der Waals surface area contributed by atoms with Crippen molar-refractivity contribution in [3.63, 3.8) is 0 Å². The van der Waals surface area contributed by atoms with Crippen LogP contribution in [-0.2, 0) is 15.1 Å². The van der Waals surface area contributed by atoms with Crippen molar-refractivity contribution in [2.24, 2.45) is 21.7 Å². The van der Waals surface area contributed by atoms with Gasteiger partial charge in [-0.25, -0.2) is 0 Å². The van der Waals surface area contributed by atoms with Crippen LogP contribution in [-0.4, -0.2) is 28.6 Å². The van der Waals surface area contributed by atoms with Gasteiger partial charge in [-0.15, -0.1) is 0 Å². The van der Waals surface area contributed by atoms with Crippen molar-refractivity contribution in [3.05, 3.63) is 47.0 Å². The summed E-state index contributed by atoms with van der Waals surface area (Å²) in [4.78, 5) is 17.2. The van der Waals surface area contributed by atoms with E-state index in [2.05, 4.69) is 97.5 Å². The second-order valence-electron chi connectivity index (χ2n) is 14.3. The van der Waals surface area contributed by atoms with Gasteiger partial charge in [0.1, 0.15) is 11.0 Å². The Morgan fingerprint density at radius 3 is 1.72 bits per heavy atom. The molecule has 1 aromatic rings. The van der Waals surface area contributed by atoms with Crippen molar-refractivity contribution in [3.8, 4) is 0 Å². The van der Waals surface area contributed by atoms with Gasteiger partial charge in [0.25, 0.3) is 0 Å². The summed E-state index contributed by atoms with van der Waals surface area (Å²) in [6.07, 6.45) is 0. The van der Waals surface area contributed by atoms with Crippen LogP contribution < -0.4 is 0 Å². The summed E-state index contributed by atoms with van der Waals surface area (Å²) in [5.74, 6) is -0.0459. The molecule has 176 valence electrons. The summed E-state index contributed by atoms with van der Waals surface area (Å²) >= 11 is 0. The molecule has 0 saturated carbocycles. The van der Waals surface area contributed by atoms with Crippen LogP contribution in [0.15, 0.2) is 41.5 Å². The predicted octanol–water partition coefficient (Wildman–Crippen LogP) is 6.73. The lowest BCUT2D eigenvalue weighted by Gasteiger charge is -2.79. The summed E-state index contributed by atoms with van der Waals surface area (Å²) in [5, 5.41) is 0. The molecule has 3 nitrogen and oxygen atoms in total. The number of fused-ring (bicyclic) bond motifs is 4. The molecule has 3 heteroatoms. The maximum Gasteiger partial charge on any atom is 0.321 e. The molecule has 32 heavy (non-hydrogen) atoms. The molecule has 4 atom stereocenters. The Hall–Kier alpha value is -1.61. The van der Waals surface area contributed by atoms with Crippen molar-refractivity contribution in [2.45, 2.75) is 99.8 Å². The van der Waals surface area contributed by atoms with E-state index in [0.29, 0.717) is 0 Å². The second-order valence-corrected chi connectivity index (χ2v) is 14.3. The first-order valence-corrected chi connectivity index (χ1v) is 12.1. The Labute approximate surface area is 195 Å². The van der Waals surface area contributed by atoms with Gasteiger partial charge in [-0.3, -0.25) is 9.69 Å². The van der Waals surface area contributed by atoms with Gasteiger partial charge < -0.3 is 4.74 Å². The van der Waals surface area contributed by atoms with Gasteiger partial charge in [0.05, 0.1) is 11.1 Å². The number of hydrogen-bond acceptors (Lipinski definition) is 3. The average Bonchev–Trinajstić information content (AvgIpc) is 3.22.